The molecule has 1 nitrogen and oxygen atoms in total. The van der Waals surface area contributed by atoms with Gasteiger partial charge in [0.1, 0.15) is 0 Å². The average Bonchev–Trinajstić information content (AvgIpc) is 2.13. The third-order valence-corrected chi connectivity index (χ3v) is 3.57. The highest BCUT2D eigenvalue weighted by atomic mass is 35.5. The van der Waals surface area contributed by atoms with Gasteiger partial charge in [-0.05, 0) is 24.2 Å². The quantitative estimate of drug-likeness (QED) is 0.773. The molecule has 0 aromatic rings. The topological polar surface area (TPSA) is 12.0 Å². The van der Waals surface area contributed by atoms with E-state index in [1.807, 2.05) is 0 Å². The Morgan fingerprint density at radius 3 is 2.47 bits per heavy atom. The third-order valence-electron chi connectivity index (χ3n) is 3.43. The molecule has 0 amide bonds. The summed E-state index contributed by atoms with van der Waals surface area (Å²) in [6.07, 6.45) is 5.35. The summed E-state index contributed by atoms with van der Waals surface area (Å²) in [5.74, 6) is 0.766. The summed E-state index contributed by atoms with van der Waals surface area (Å²) in [5.41, 5.74) is 0.395. The van der Waals surface area contributed by atoms with Gasteiger partial charge in [-0.3, -0.25) is 0 Å². The van der Waals surface area contributed by atoms with E-state index in [2.05, 4.69) is 32.7 Å². The molecule has 2 unspecified atom stereocenters. The summed E-state index contributed by atoms with van der Waals surface area (Å²) in [4.78, 5) is 0. The maximum absolute atomic E-state index is 5.80. The molecule has 0 bridgehead atoms. The highest BCUT2D eigenvalue weighted by molar-refractivity contribution is 6.29. The van der Waals surface area contributed by atoms with E-state index in [0.29, 0.717) is 16.5 Å². The Bertz CT molecular complexity index is 217. The molecule has 1 aliphatic carbocycles. The molecule has 2 atom stereocenters. The molecule has 0 aliphatic heterocycles. The van der Waals surface area contributed by atoms with E-state index < -0.39 is 0 Å². The van der Waals surface area contributed by atoms with E-state index in [1.54, 1.807) is 0 Å². The fraction of sp³-hybridized carbons (Fsp3) is 0.846. The van der Waals surface area contributed by atoms with E-state index in [0.717, 1.165) is 12.5 Å². The zero-order chi connectivity index (χ0) is 11.5. The molecule has 0 aromatic heterocycles. The normalized spacial score (nSPS) is 27.7. The fourth-order valence-electron chi connectivity index (χ4n) is 2.65. The predicted octanol–water partition coefficient (Wildman–Crippen LogP) is 3.93. The molecule has 2 heteroatoms. The summed E-state index contributed by atoms with van der Waals surface area (Å²) in [7, 11) is 0. The van der Waals surface area contributed by atoms with Crippen LogP contribution in [0.4, 0.5) is 0 Å². The van der Waals surface area contributed by atoms with Crippen LogP contribution in [0.15, 0.2) is 11.6 Å². The molecule has 1 aliphatic rings. The number of rotatable bonds is 3. The van der Waals surface area contributed by atoms with Gasteiger partial charge in [0, 0.05) is 17.6 Å². The van der Waals surface area contributed by atoms with Crippen LogP contribution in [0.2, 0.25) is 0 Å². The monoisotopic (exact) mass is 229 g/mol. The van der Waals surface area contributed by atoms with Crippen molar-refractivity contribution < 1.29 is 0 Å². The van der Waals surface area contributed by atoms with Gasteiger partial charge in [-0.25, -0.2) is 0 Å². The average molecular weight is 230 g/mol. The maximum atomic E-state index is 5.80. The molecule has 0 saturated heterocycles. The molecule has 0 radical (unpaired) electrons. The molecule has 15 heavy (non-hydrogen) atoms. The Morgan fingerprint density at radius 1 is 1.33 bits per heavy atom. The van der Waals surface area contributed by atoms with Crippen LogP contribution in [-0.4, -0.2) is 12.6 Å². The van der Waals surface area contributed by atoms with Crippen LogP contribution in [0.5, 0.6) is 0 Å². The van der Waals surface area contributed by atoms with Gasteiger partial charge in [0.05, 0.1) is 0 Å². The number of hydrogen-bond acceptors (Lipinski definition) is 1. The van der Waals surface area contributed by atoms with Crippen molar-refractivity contribution in [2.75, 3.05) is 6.54 Å². The van der Waals surface area contributed by atoms with Crippen LogP contribution in [-0.2, 0) is 0 Å². The van der Waals surface area contributed by atoms with E-state index in [-0.39, 0.29) is 0 Å². The lowest BCUT2D eigenvalue weighted by Crippen LogP contribution is -2.44. The molecule has 1 fully saturated rings. The Labute approximate surface area is 99.3 Å². The van der Waals surface area contributed by atoms with Gasteiger partial charge >= 0.3 is 0 Å². The molecule has 1 saturated carbocycles. The lowest BCUT2D eigenvalue weighted by atomic mass is 9.69. The largest absolute Gasteiger partial charge is 0.309 e. The molecule has 1 N–H and O–H groups in total. The van der Waals surface area contributed by atoms with Gasteiger partial charge in [0.25, 0.3) is 0 Å². The van der Waals surface area contributed by atoms with Gasteiger partial charge < -0.3 is 5.32 Å². The standard InChI is InChI=1S/C13H24ClN/c1-10(14)9-15-12-8-6-5-7-11(12)13(2,3)4/h11-12,15H,1,5-9H2,2-4H3. The van der Waals surface area contributed by atoms with Crippen molar-refractivity contribution in [2.24, 2.45) is 11.3 Å². The van der Waals surface area contributed by atoms with Crippen molar-refractivity contribution in [1.29, 1.82) is 0 Å². The summed E-state index contributed by atoms with van der Waals surface area (Å²) in [5, 5.41) is 4.26. The first kappa shape index (κ1) is 13.1. The minimum absolute atomic E-state index is 0.395. The summed E-state index contributed by atoms with van der Waals surface area (Å²) in [6, 6.07) is 0.620. The fourth-order valence-corrected chi connectivity index (χ4v) is 2.73. The van der Waals surface area contributed by atoms with Gasteiger partial charge in [0.15, 0.2) is 0 Å². The minimum atomic E-state index is 0.395. The highest BCUT2D eigenvalue weighted by Crippen LogP contribution is 2.37. The second-order valence-electron chi connectivity index (χ2n) is 5.76. The van der Waals surface area contributed by atoms with Crippen LogP contribution < -0.4 is 5.32 Å². The van der Waals surface area contributed by atoms with Crippen molar-refractivity contribution in [1.82, 2.24) is 5.32 Å². The van der Waals surface area contributed by atoms with E-state index in [1.165, 1.54) is 25.7 Å². The van der Waals surface area contributed by atoms with Crippen LogP contribution >= 0.6 is 11.6 Å². The summed E-state index contributed by atoms with van der Waals surface area (Å²) >= 11 is 5.80. The Hall–Kier alpha value is -0.0100. The predicted molar refractivity (Wildman–Crippen MR) is 68.2 cm³/mol. The first-order chi connectivity index (χ1) is 6.91. The molecule has 0 heterocycles. The SMILES string of the molecule is C=C(Cl)CNC1CCCCC1C(C)(C)C. The maximum Gasteiger partial charge on any atom is 0.0310 e. The Morgan fingerprint density at radius 2 is 1.93 bits per heavy atom. The van der Waals surface area contributed by atoms with Crippen molar-refractivity contribution in [2.45, 2.75) is 52.5 Å². The number of hydrogen-bond donors (Lipinski definition) is 1. The van der Waals surface area contributed by atoms with Crippen molar-refractivity contribution in [3.8, 4) is 0 Å². The number of nitrogens with one attached hydrogen (secondary N) is 1. The second kappa shape index (κ2) is 5.36. The second-order valence-corrected chi connectivity index (χ2v) is 6.30. The van der Waals surface area contributed by atoms with Crippen molar-refractivity contribution >= 4 is 11.6 Å². The first-order valence-corrected chi connectivity index (χ1v) is 6.35. The number of halogens is 1. The van der Waals surface area contributed by atoms with Crippen LogP contribution in [0.25, 0.3) is 0 Å². The molecule has 0 aromatic carbocycles. The highest BCUT2D eigenvalue weighted by Gasteiger charge is 2.33. The van der Waals surface area contributed by atoms with Gasteiger partial charge in [-0.2, -0.15) is 0 Å². The first-order valence-electron chi connectivity index (χ1n) is 5.98. The van der Waals surface area contributed by atoms with E-state index in [9.17, 15) is 0 Å². The van der Waals surface area contributed by atoms with E-state index in [4.69, 9.17) is 11.6 Å². The zero-order valence-electron chi connectivity index (χ0n) is 10.3. The lowest BCUT2D eigenvalue weighted by Gasteiger charge is -2.41. The third kappa shape index (κ3) is 4.16. The molecule has 1 rings (SSSR count). The Kier molecular flexibility index (Phi) is 4.66. The minimum Gasteiger partial charge on any atom is -0.309 e. The van der Waals surface area contributed by atoms with Crippen LogP contribution in [0, 0.1) is 11.3 Å². The molecular formula is C13H24ClN. The molecule has 88 valence electrons. The lowest BCUT2D eigenvalue weighted by molar-refractivity contribution is 0.133. The smallest absolute Gasteiger partial charge is 0.0310 e. The summed E-state index contributed by atoms with van der Waals surface area (Å²) in [6.45, 7) is 11.5. The van der Waals surface area contributed by atoms with Gasteiger partial charge in [0.2, 0.25) is 0 Å². The van der Waals surface area contributed by atoms with Crippen molar-refractivity contribution in [3.63, 3.8) is 0 Å². The van der Waals surface area contributed by atoms with Crippen LogP contribution in [0.1, 0.15) is 46.5 Å². The Balaban J connectivity index is 2.54. The molecule has 0 spiro atoms. The van der Waals surface area contributed by atoms with Gasteiger partial charge in [-0.15, -0.1) is 0 Å². The van der Waals surface area contributed by atoms with Gasteiger partial charge in [-0.1, -0.05) is 51.8 Å². The van der Waals surface area contributed by atoms with Crippen molar-refractivity contribution in [3.05, 3.63) is 11.6 Å². The van der Waals surface area contributed by atoms with Crippen LogP contribution in [0.3, 0.4) is 0 Å². The van der Waals surface area contributed by atoms with E-state index >= 15 is 0 Å². The zero-order valence-corrected chi connectivity index (χ0v) is 11.0. The summed E-state index contributed by atoms with van der Waals surface area (Å²) < 4.78 is 0. The molecular weight excluding hydrogens is 206 g/mol.